The second-order valence-corrected chi connectivity index (χ2v) is 7.93. The number of nitrogens with zero attached hydrogens (tertiary/aromatic N) is 3. The maximum Gasteiger partial charge on any atom is 0.238 e. The second kappa shape index (κ2) is 8.84. The van der Waals surface area contributed by atoms with Crippen LogP contribution in [0.5, 0.6) is 0 Å². The minimum Gasteiger partial charge on any atom is -0.369 e. The highest BCUT2D eigenvalue weighted by Gasteiger charge is 2.22. The Hall–Kier alpha value is -2.57. The Labute approximate surface area is 176 Å². The number of halogens is 1. The Morgan fingerprint density at radius 3 is 2.45 bits per heavy atom. The van der Waals surface area contributed by atoms with Crippen LogP contribution in [0.3, 0.4) is 0 Å². The van der Waals surface area contributed by atoms with Crippen molar-refractivity contribution in [1.82, 2.24) is 4.90 Å². The fourth-order valence-corrected chi connectivity index (χ4v) is 4.10. The molecule has 0 unspecified atom stereocenters. The van der Waals surface area contributed by atoms with Crippen LogP contribution in [0.15, 0.2) is 48.5 Å². The molecule has 0 radical (unpaired) electrons. The summed E-state index contributed by atoms with van der Waals surface area (Å²) in [5.74, 6) is 0.108. The molecule has 2 amide bonds. The van der Waals surface area contributed by atoms with Gasteiger partial charge in [-0.3, -0.25) is 14.5 Å². The van der Waals surface area contributed by atoms with E-state index in [0.29, 0.717) is 13.0 Å². The minimum atomic E-state index is -0.0360. The highest BCUT2D eigenvalue weighted by molar-refractivity contribution is 6.30. The summed E-state index contributed by atoms with van der Waals surface area (Å²) in [5.41, 5.74) is 2.69. The van der Waals surface area contributed by atoms with E-state index in [0.717, 1.165) is 61.2 Å². The molecule has 7 heteroatoms. The first kappa shape index (κ1) is 19.7. The van der Waals surface area contributed by atoms with Crippen LogP contribution >= 0.6 is 11.6 Å². The number of hydrogen-bond acceptors (Lipinski definition) is 4. The number of benzene rings is 2. The zero-order valence-corrected chi connectivity index (χ0v) is 17.1. The molecule has 2 saturated heterocycles. The quantitative estimate of drug-likeness (QED) is 0.819. The SMILES string of the molecule is O=C(CN1CCN(c2cccc(Cl)c2)CC1)Nc1cccc(N2CCCC2=O)c1. The van der Waals surface area contributed by atoms with Gasteiger partial charge in [-0.25, -0.2) is 0 Å². The fraction of sp³-hybridized carbons (Fsp3) is 0.364. The molecular weight excluding hydrogens is 388 g/mol. The molecule has 6 nitrogen and oxygen atoms in total. The average Bonchev–Trinajstić information content (AvgIpc) is 3.14. The number of amides is 2. The normalized spacial score (nSPS) is 17.6. The van der Waals surface area contributed by atoms with Crippen LogP contribution in [0.4, 0.5) is 17.1 Å². The van der Waals surface area contributed by atoms with Crippen molar-refractivity contribution in [3.63, 3.8) is 0 Å². The van der Waals surface area contributed by atoms with E-state index in [2.05, 4.69) is 21.2 Å². The van der Waals surface area contributed by atoms with E-state index in [1.165, 1.54) is 0 Å². The van der Waals surface area contributed by atoms with Crippen molar-refractivity contribution < 1.29 is 9.59 Å². The van der Waals surface area contributed by atoms with Crippen LogP contribution in [0.1, 0.15) is 12.8 Å². The topological polar surface area (TPSA) is 55.9 Å². The first-order valence-corrected chi connectivity index (χ1v) is 10.4. The predicted molar refractivity (Wildman–Crippen MR) is 117 cm³/mol. The molecule has 2 fully saturated rings. The van der Waals surface area contributed by atoms with Crippen LogP contribution in [0.2, 0.25) is 5.02 Å². The van der Waals surface area contributed by atoms with E-state index in [9.17, 15) is 9.59 Å². The molecule has 29 heavy (non-hydrogen) atoms. The van der Waals surface area contributed by atoms with E-state index in [1.54, 1.807) is 4.90 Å². The van der Waals surface area contributed by atoms with Crippen molar-refractivity contribution in [3.05, 3.63) is 53.6 Å². The van der Waals surface area contributed by atoms with Gasteiger partial charge in [0, 0.05) is 61.2 Å². The lowest BCUT2D eigenvalue weighted by atomic mass is 10.2. The molecule has 2 aromatic rings. The Balaban J connectivity index is 1.29. The van der Waals surface area contributed by atoms with Gasteiger partial charge in [-0.1, -0.05) is 23.7 Å². The summed E-state index contributed by atoms with van der Waals surface area (Å²) >= 11 is 6.09. The van der Waals surface area contributed by atoms with Gasteiger partial charge in [-0.05, 0) is 42.8 Å². The van der Waals surface area contributed by atoms with Crippen molar-refractivity contribution in [2.75, 3.05) is 54.4 Å². The van der Waals surface area contributed by atoms with E-state index >= 15 is 0 Å². The molecule has 2 aliphatic rings. The van der Waals surface area contributed by atoms with E-state index in [1.807, 2.05) is 42.5 Å². The third-order valence-electron chi connectivity index (χ3n) is 5.43. The van der Waals surface area contributed by atoms with Crippen molar-refractivity contribution in [1.29, 1.82) is 0 Å². The molecule has 2 aliphatic heterocycles. The zero-order valence-electron chi connectivity index (χ0n) is 16.3. The minimum absolute atomic E-state index is 0.0360. The Morgan fingerprint density at radius 2 is 1.72 bits per heavy atom. The standard InChI is InChI=1S/C22H25ClN4O2/c23-17-4-1-6-19(14-17)26-12-10-25(11-13-26)16-21(28)24-18-5-2-7-20(15-18)27-9-3-8-22(27)29/h1-2,4-7,14-15H,3,8-13,16H2,(H,24,28). The van der Waals surface area contributed by atoms with E-state index in [-0.39, 0.29) is 11.8 Å². The second-order valence-electron chi connectivity index (χ2n) is 7.49. The first-order chi connectivity index (χ1) is 14.1. The van der Waals surface area contributed by atoms with Crippen LogP contribution in [-0.4, -0.2) is 56.0 Å². The number of piperazine rings is 1. The van der Waals surface area contributed by atoms with Gasteiger partial charge in [0.05, 0.1) is 6.54 Å². The fourth-order valence-electron chi connectivity index (χ4n) is 3.91. The molecule has 1 N–H and O–H groups in total. The maximum atomic E-state index is 12.5. The lowest BCUT2D eigenvalue weighted by Gasteiger charge is -2.35. The molecule has 0 atom stereocenters. The monoisotopic (exact) mass is 412 g/mol. The van der Waals surface area contributed by atoms with Gasteiger partial charge in [0.1, 0.15) is 0 Å². The molecule has 152 valence electrons. The number of rotatable bonds is 5. The molecule has 0 spiro atoms. The Kier molecular flexibility index (Phi) is 6.02. The molecular formula is C22H25ClN4O2. The number of anilines is 3. The van der Waals surface area contributed by atoms with Crippen LogP contribution in [0.25, 0.3) is 0 Å². The van der Waals surface area contributed by atoms with E-state index < -0.39 is 0 Å². The molecule has 0 bridgehead atoms. The van der Waals surface area contributed by atoms with Gasteiger partial charge in [-0.15, -0.1) is 0 Å². The first-order valence-electron chi connectivity index (χ1n) is 10.0. The molecule has 2 heterocycles. The number of nitrogens with one attached hydrogen (secondary N) is 1. The molecule has 4 rings (SSSR count). The van der Waals surface area contributed by atoms with Gasteiger partial charge in [-0.2, -0.15) is 0 Å². The van der Waals surface area contributed by atoms with Gasteiger partial charge in [0.15, 0.2) is 0 Å². The summed E-state index contributed by atoms with van der Waals surface area (Å²) in [5, 5.41) is 3.71. The van der Waals surface area contributed by atoms with Crippen molar-refractivity contribution in [2.45, 2.75) is 12.8 Å². The van der Waals surface area contributed by atoms with Gasteiger partial charge in [0.2, 0.25) is 11.8 Å². The predicted octanol–water partition coefficient (Wildman–Crippen LogP) is 3.23. The van der Waals surface area contributed by atoms with Gasteiger partial charge < -0.3 is 15.1 Å². The number of carbonyl (C=O) groups is 2. The van der Waals surface area contributed by atoms with Crippen LogP contribution < -0.4 is 15.1 Å². The summed E-state index contributed by atoms with van der Waals surface area (Å²) < 4.78 is 0. The lowest BCUT2D eigenvalue weighted by molar-refractivity contribution is -0.118. The summed E-state index contributed by atoms with van der Waals surface area (Å²) in [6.45, 7) is 4.47. The lowest BCUT2D eigenvalue weighted by Crippen LogP contribution is -2.48. The van der Waals surface area contributed by atoms with Crippen molar-refractivity contribution in [2.24, 2.45) is 0 Å². The zero-order chi connectivity index (χ0) is 20.2. The van der Waals surface area contributed by atoms with E-state index in [4.69, 9.17) is 11.6 Å². The van der Waals surface area contributed by atoms with Crippen molar-refractivity contribution >= 4 is 40.5 Å². The van der Waals surface area contributed by atoms with Gasteiger partial charge >= 0.3 is 0 Å². The third-order valence-corrected chi connectivity index (χ3v) is 5.66. The van der Waals surface area contributed by atoms with Gasteiger partial charge in [0.25, 0.3) is 0 Å². The number of carbonyl (C=O) groups excluding carboxylic acids is 2. The summed E-state index contributed by atoms with van der Waals surface area (Å²) in [6.07, 6.45) is 1.48. The molecule has 0 aromatic heterocycles. The highest BCUT2D eigenvalue weighted by Crippen LogP contribution is 2.24. The average molecular weight is 413 g/mol. The molecule has 0 aliphatic carbocycles. The summed E-state index contributed by atoms with van der Waals surface area (Å²) in [4.78, 5) is 30.7. The number of hydrogen-bond donors (Lipinski definition) is 1. The molecule has 0 saturated carbocycles. The smallest absolute Gasteiger partial charge is 0.238 e. The van der Waals surface area contributed by atoms with Crippen molar-refractivity contribution in [3.8, 4) is 0 Å². The van der Waals surface area contributed by atoms with Crippen LogP contribution in [0, 0.1) is 0 Å². The largest absolute Gasteiger partial charge is 0.369 e. The third kappa shape index (κ3) is 4.89. The summed E-state index contributed by atoms with van der Waals surface area (Å²) in [7, 11) is 0. The highest BCUT2D eigenvalue weighted by atomic mass is 35.5. The van der Waals surface area contributed by atoms with Crippen LogP contribution in [-0.2, 0) is 9.59 Å². The Bertz CT molecular complexity index is 896. The Morgan fingerprint density at radius 1 is 0.966 bits per heavy atom. The molecule has 2 aromatic carbocycles. The summed E-state index contributed by atoms with van der Waals surface area (Å²) in [6, 6.07) is 15.4. The maximum absolute atomic E-state index is 12.5.